The highest BCUT2D eigenvalue weighted by Gasteiger charge is 2.25. The van der Waals surface area contributed by atoms with Crippen LogP contribution in [0.25, 0.3) is 11.6 Å². The van der Waals surface area contributed by atoms with Crippen molar-refractivity contribution in [3.8, 4) is 11.6 Å². The number of rotatable bonds is 5. The maximum atomic E-state index is 10.7. The van der Waals surface area contributed by atoms with Crippen LogP contribution in [-0.2, 0) is 11.2 Å². The standard InChI is InChI=1S/C11H14N4O3/c1-11(2,6-9(16)17)5-8-14-15-10(18-8)7-3-4-12-13-7/h3-4H,5-6H2,1-2H3,(H,12,13)(H,16,17). The van der Waals surface area contributed by atoms with E-state index in [1.807, 2.05) is 13.8 Å². The third-order valence-corrected chi connectivity index (χ3v) is 2.46. The Morgan fingerprint density at radius 1 is 1.50 bits per heavy atom. The number of aliphatic carboxylic acids is 1. The van der Waals surface area contributed by atoms with Gasteiger partial charge in [0.1, 0.15) is 5.69 Å². The van der Waals surface area contributed by atoms with Crippen molar-refractivity contribution >= 4 is 5.97 Å². The fourth-order valence-corrected chi connectivity index (χ4v) is 1.69. The summed E-state index contributed by atoms with van der Waals surface area (Å²) in [6.07, 6.45) is 2.06. The molecule has 0 aromatic carbocycles. The number of carbonyl (C=O) groups is 1. The average molecular weight is 250 g/mol. The van der Waals surface area contributed by atoms with Gasteiger partial charge in [0.25, 0.3) is 5.89 Å². The maximum Gasteiger partial charge on any atom is 0.303 e. The van der Waals surface area contributed by atoms with Crippen molar-refractivity contribution in [2.24, 2.45) is 5.41 Å². The number of carboxylic acid groups (broad SMARTS) is 1. The van der Waals surface area contributed by atoms with Crippen molar-refractivity contribution in [3.63, 3.8) is 0 Å². The van der Waals surface area contributed by atoms with E-state index in [0.717, 1.165) is 0 Å². The van der Waals surface area contributed by atoms with Gasteiger partial charge in [0.2, 0.25) is 5.89 Å². The fourth-order valence-electron chi connectivity index (χ4n) is 1.69. The van der Waals surface area contributed by atoms with E-state index in [9.17, 15) is 4.79 Å². The zero-order chi connectivity index (χ0) is 13.2. The van der Waals surface area contributed by atoms with Crippen LogP contribution in [0.4, 0.5) is 0 Å². The number of H-pyrrole nitrogens is 1. The maximum absolute atomic E-state index is 10.7. The van der Waals surface area contributed by atoms with Gasteiger partial charge in [-0.25, -0.2) is 0 Å². The summed E-state index contributed by atoms with van der Waals surface area (Å²) in [5, 5.41) is 23.1. The van der Waals surface area contributed by atoms with E-state index in [1.165, 1.54) is 0 Å². The predicted molar refractivity (Wildman–Crippen MR) is 61.6 cm³/mol. The zero-order valence-electron chi connectivity index (χ0n) is 10.2. The van der Waals surface area contributed by atoms with E-state index in [2.05, 4.69) is 20.4 Å². The summed E-state index contributed by atoms with van der Waals surface area (Å²) in [6, 6.07) is 1.72. The van der Waals surface area contributed by atoms with E-state index in [0.29, 0.717) is 23.9 Å². The summed E-state index contributed by atoms with van der Waals surface area (Å²) in [5.74, 6) is -0.0622. The fraction of sp³-hybridized carbons (Fsp3) is 0.455. The normalized spacial score (nSPS) is 11.7. The molecule has 18 heavy (non-hydrogen) atoms. The van der Waals surface area contributed by atoms with E-state index < -0.39 is 11.4 Å². The van der Waals surface area contributed by atoms with Gasteiger partial charge in [0, 0.05) is 12.6 Å². The highest BCUT2D eigenvalue weighted by molar-refractivity contribution is 5.67. The molecule has 0 aliphatic carbocycles. The Balaban J connectivity index is 2.09. The third-order valence-electron chi connectivity index (χ3n) is 2.46. The smallest absolute Gasteiger partial charge is 0.303 e. The minimum absolute atomic E-state index is 0.0504. The lowest BCUT2D eigenvalue weighted by Gasteiger charge is -2.19. The molecule has 0 saturated heterocycles. The molecule has 2 heterocycles. The lowest BCUT2D eigenvalue weighted by molar-refractivity contribution is -0.139. The molecule has 0 aliphatic rings. The minimum Gasteiger partial charge on any atom is -0.481 e. The van der Waals surface area contributed by atoms with Crippen molar-refractivity contribution in [3.05, 3.63) is 18.2 Å². The Morgan fingerprint density at radius 3 is 2.89 bits per heavy atom. The van der Waals surface area contributed by atoms with Crippen LogP contribution in [0.5, 0.6) is 0 Å². The van der Waals surface area contributed by atoms with Gasteiger partial charge < -0.3 is 9.52 Å². The number of aromatic nitrogens is 4. The van der Waals surface area contributed by atoms with Gasteiger partial charge in [0.05, 0.1) is 6.42 Å². The van der Waals surface area contributed by atoms with Crippen molar-refractivity contribution < 1.29 is 14.3 Å². The molecule has 0 bridgehead atoms. The largest absolute Gasteiger partial charge is 0.481 e. The molecular formula is C11H14N4O3. The lowest BCUT2D eigenvalue weighted by atomic mass is 9.86. The van der Waals surface area contributed by atoms with E-state index in [4.69, 9.17) is 9.52 Å². The molecule has 2 aromatic rings. The van der Waals surface area contributed by atoms with E-state index >= 15 is 0 Å². The molecule has 0 radical (unpaired) electrons. The highest BCUT2D eigenvalue weighted by Crippen LogP contribution is 2.26. The quantitative estimate of drug-likeness (QED) is 0.833. The molecule has 2 N–H and O–H groups in total. The topological polar surface area (TPSA) is 105 Å². The van der Waals surface area contributed by atoms with Gasteiger partial charge in [-0.05, 0) is 11.5 Å². The molecular weight excluding hydrogens is 236 g/mol. The summed E-state index contributed by atoms with van der Waals surface area (Å²) >= 11 is 0. The van der Waals surface area contributed by atoms with Crippen LogP contribution >= 0.6 is 0 Å². The molecule has 0 fully saturated rings. The van der Waals surface area contributed by atoms with Gasteiger partial charge >= 0.3 is 5.97 Å². The highest BCUT2D eigenvalue weighted by atomic mass is 16.4. The van der Waals surface area contributed by atoms with Crippen LogP contribution in [0.2, 0.25) is 0 Å². The van der Waals surface area contributed by atoms with Crippen molar-refractivity contribution in [2.75, 3.05) is 0 Å². The monoisotopic (exact) mass is 250 g/mol. The van der Waals surface area contributed by atoms with Crippen LogP contribution in [0.1, 0.15) is 26.2 Å². The number of nitrogens with one attached hydrogen (secondary N) is 1. The molecule has 7 nitrogen and oxygen atoms in total. The third kappa shape index (κ3) is 2.93. The van der Waals surface area contributed by atoms with Gasteiger partial charge in [-0.3, -0.25) is 9.89 Å². The molecule has 0 atom stereocenters. The molecule has 2 aromatic heterocycles. The summed E-state index contributed by atoms with van der Waals surface area (Å²) in [6.45, 7) is 3.70. The zero-order valence-corrected chi connectivity index (χ0v) is 10.2. The van der Waals surface area contributed by atoms with Crippen LogP contribution in [0, 0.1) is 5.41 Å². The molecule has 0 amide bonds. The summed E-state index contributed by atoms with van der Waals surface area (Å²) in [7, 11) is 0. The molecule has 0 unspecified atom stereocenters. The van der Waals surface area contributed by atoms with Gasteiger partial charge in [0.15, 0.2) is 0 Å². The Morgan fingerprint density at radius 2 is 2.28 bits per heavy atom. The van der Waals surface area contributed by atoms with Crippen LogP contribution in [0.15, 0.2) is 16.7 Å². The second kappa shape index (κ2) is 4.59. The summed E-state index contributed by atoms with van der Waals surface area (Å²) in [5.41, 5.74) is 0.216. The first kappa shape index (κ1) is 12.3. The first-order valence-electron chi connectivity index (χ1n) is 5.50. The van der Waals surface area contributed by atoms with Crippen molar-refractivity contribution in [1.29, 1.82) is 0 Å². The van der Waals surface area contributed by atoms with Gasteiger partial charge in [-0.15, -0.1) is 10.2 Å². The molecule has 0 saturated carbocycles. The van der Waals surface area contributed by atoms with Gasteiger partial charge in [-0.2, -0.15) is 5.10 Å². The first-order valence-corrected chi connectivity index (χ1v) is 5.50. The SMILES string of the molecule is CC(C)(CC(=O)O)Cc1nnc(-c2ccn[nH]2)o1. The molecule has 0 aliphatic heterocycles. The van der Waals surface area contributed by atoms with Crippen LogP contribution < -0.4 is 0 Å². The summed E-state index contributed by atoms with van der Waals surface area (Å²) in [4.78, 5) is 10.7. The summed E-state index contributed by atoms with van der Waals surface area (Å²) < 4.78 is 5.46. The number of nitrogens with zero attached hydrogens (tertiary/aromatic N) is 3. The van der Waals surface area contributed by atoms with E-state index in [1.54, 1.807) is 12.3 Å². The average Bonchev–Trinajstić information content (AvgIpc) is 2.82. The predicted octanol–water partition coefficient (Wildman–Crippen LogP) is 1.50. The molecule has 96 valence electrons. The Labute approximate surface area is 103 Å². The number of aromatic amines is 1. The first-order chi connectivity index (χ1) is 8.46. The number of carboxylic acids is 1. The van der Waals surface area contributed by atoms with Crippen LogP contribution in [0.3, 0.4) is 0 Å². The second-order valence-corrected chi connectivity index (χ2v) is 4.88. The second-order valence-electron chi connectivity index (χ2n) is 4.88. The Kier molecular flexibility index (Phi) is 3.14. The molecule has 0 spiro atoms. The minimum atomic E-state index is -0.840. The van der Waals surface area contributed by atoms with Crippen molar-refractivity contribution in [1.82, 2.24) is 20.4 Å². The number of hydrogen-bond acceptors (Lipinski definition) is 5. The van der Waals surface area contributed by atoms with Gasteiger partial charge in [-0.1, -0.05) is 13.8 Å². The van der Waals surface area contributed by atoms with Crippen LogP contribution in [-0.4, -0.2) is 31.5 Å². The molecule has 2 rings (SSSR count). The number of hydrogen-bond donors (Lipinski definition) is 2. The Bertz CT molecular complexity index is 530. The molecule has 7 heteroatoms. The Hall–Kier alpha value is -2.18. The van der Waals surface area contributed by atoms with Crippen molar-refractivity contribution in [2.45, 2.75) is 26.7 Å². The van der Waals surface area contributed by atoms with E-state index in [-0.39, 0.29) is 6.42 Å². The lowest BCUT2D eigenvalue weighted by Crippen LogP contribution is -2.19.